The number of thiazole rings is 1. The smallest absolute Gasteiger partial charge is 0.126 e. The second-order valence-electron chi connectivity index (χ2n) is 4.00. The minimum Gasteiger partial charge on any atom is -0.385 e. The molecule has 17 heavy (non-hydrogen) atoms. The zero-order chi connectivity index (χ0) is 12.3. The Morgan fingerprint density at radius 2 is 2.18 bits per heavy atom. The number of rotatable bonds is 4. The largest absolute Gasteiger partial charge is 0.385 e. The Balaban J connectivity index is 1.90. The minimum absolute atomic E-state index is 0.158. The average molecular weight is 250 g/mol. The van der Waals surface area contributed by atoms with Gasteiger partial charge in [-0.25, -0.2) is 9.37 Å². The first-order chi connectivity index (χ1) is 8.16. The Morgan fingerprint density at radius 3 is 2.82 bits per heavy atom. The fraction of sp³-hybridized carbons (Fsp3) is 0.308. The first-order valence-corrected chi connectivity index (χ1v) is 6.44. The predicted molar refractivity (Wildman–Crippen MR) is 70.2 cm³/mol. The van der Waals surface area contributed by atoms with Crippen molar-refractivity contribution in [2.45, 2.75) is 20.3 Å². The van der Waals surface area contributed by atoms with Crippen molar-refractivity contribution in [3.8, 4) is 0 Å². The lowest BCUT2D eigenvalue weighted by Crippen LogP contribution is -2.05. The van der Waals surface area contributed by atoms with Gasteiger partial charge in [0.15, 0.2) is 0 Å². The number of hydrogen-bond acceptors (Lipinski definition) is 3. The zero-order valence-corrected chi connectivity index (χ0v) is 10.8. The van der Waals surface area contributed by atoms with Gasteiger partial charge in [-0.3, -0.25) is 0 Å². The molecule has 0 saturated carbocycles. The van der Waals surface area contributed by atoms with Crippen molar-refractivity contribution >= 4 is 17.0 Å². The number of nitrogens with zero attached hydrogens (tertiary/aromatic N) is 1. The molecule has 0 aliphatic rings. The normalized spacial score (nSPS) is 10.5. The number of halogens is 1. The number of aromatic nitrogens is 1. The molecule has 0 bridgehead atoms. The lowest BCUT2D eigenvalue weighted by molar-refractivity contribution is 0.618. The Morgan fingerprint density at radius 1 is 1.35 bits per heavy atom. The summed E-state index contributed by atoms with van der Waals surface area (Å²) in [6, 6.07) is 5.09. The van der Waals surface area contributed by atoms with Crippen molar-refractivity contribution in [3.63, 3.8) is 0 Å². The van der Waals surface area contributed by atoms with Crippen molar-refractivity contribution < 1.29 is 4.39 Å². The van der Waals surface area contributed by atoms with E-state index in [4.69, 9.17) is 0 Å². The van der Waals surface area contributed by atoms with Gasteiger partial charge in [0, 0.05) is 23.5 Å². The lowest BCUT2D eigenvalue weighted by atomic mass is 10.2. The number of anilines is 1. The molecular formula is C13H15FN2S. The van der Waals surface area contributed by atoms with E-state index in [2.05, 4.69) is 10.3 Å². The van der Waals surface area contributed by atoms with Gasteiger partial charge in [0.1, 0.15) is 5.82 Å². The monoisotopic (exact) mass is 250 g/mol. The average Bonchev–Trinajstić information content (AvgIpc) is 2.70. The molecule has 0 atom stereocenters. The lowest BCUT2D eigenvalue weighted by Gasteiger charge is -2.07. The van der Waals surface area contributed by atoms with E-state index in [9.17, 15) is 4.39 Å². The van der Waals surface area contributed by atoms with Gasteiger partial charge < -0.3 is 5.32 Å². The summed E-state index contributed by atoms with van der Waals surface area (Å²) >= 11 is 1.68. The van der Waals surface area contributed by atoms with E-state index in [0.29, 0.717) is 5.56 Å². The third kappa shape index (κ3) is 3.03. The molecule has 1 aromatic heterocycles. The molecule has 0 saturated heterocycles. The van der Waals surface area contributed by atoms with Gasteiger partial charge in [0.05, 0.1) is 11.2 Å². The summed E-state index contributed by atoms with van der Waals surface area (Å²) < 4.78 is 13.1. The molecule has 2 aromatic rings. The Labute approximate surface area is 105 Å². The maximum absolute atomic E-state index is 13.1. The van der Waals surface area contributed by atoms with Crippen LogP contribution >= 0.6 is 11.3 Å². The molecule has 0 aliphatic carbocycles. The van der Waals surface area contributed by atoms with Gasteiger partial charge in [-0.05, 0) is 37.6 Å². The number of aryl methyl sites for hydroxylation is 2. The van der Waals surface area contributed by atoms with Gasteiger partial charge >= 0.3 is 0 Å². The Bertz CT molecular complexity index is 508. The third-order valence-corrected chi connectivity index (χ3v) is 3.68. The molecule has 2 rings (SSSR count). The highest BCUT2D eigenvalue weighted by molar-refractivity contribution is 7.09. The Hall–Kier alpha value is -1.42. The summed E-state index contributed by atoms with van der Waals surface area (Å²) in [4.78, 5) is 5.51. The third-order valence-electron chi connectivity index (χ3n) is 2.68. The molecule has 0 unspecified atom stereocenters. The summed E-state index contributed by atoms with van der Waals surface area (Å²) in [7, 11) is 0. The summed E-state index contributed by atoms with van der Waals surface area (Å²) in [6.07, 6.45) is 0.951. The fourth-order valence-electron chi connectivity index (χ4n) is 1.64. The highest BCUT2D eigenvalue weighted by atomic mass is 32.1. The highest BCUT2D eigenvalue weighted by Crippen LogP contribution is 2.15. The van der Waals surface area contributed by atoms with Gasteiger partial charge in [-0.1, -0.05) is 0 Å². The molecule has 1 heterocycles. The molecule has 0 spiro atoms. The molecule has 1 N–H and O–H groups in total. The molecule has 0 aliphatic heterocycles. The van der Waals surface area contributed by atoms with Crippen LogP contribution in [0.4, 0.5) is 10.1 Å². The van der Waals surface area contributed by atoms with E-state index in [1.807, 2.05) is 18.5 Å². The van der Waals surface area contributed by atoms with E-state index in [0.717, 1.165) is 24.3 Å². The molecule has 1 aromatic carbocycles. The van der Waals surface area contributed by atoms with Crippen molar-refractivity contribution in [1.82, 2.24) is 4.98 Å². The van der Waals surface area contributed by atoms with E-state index in [1.165, 1.54) is 10.9 Å². The summed E-state index contributed by atoms with van der Waals surface area (Å²) in [5, 5.41) is 3.29. The standard InChI is InChI=1S/C13H15FN2S/c1-9-7-11(3-4-12(9)14)15-6-5-13-10(2)16-8-17-13/h3-4,7-8,15H,5-6H2,1-2H3. The van der Waals surface area contributed by atoms with Crippen LogP contribution in [0, 0.1) is 19.7 Å². The molecule has 0 amide bonds. The predicted octanol–water partition coefficient (Wildman–Crippen LogP) is 3.55. The number of nitrogens with one attached hydrogen (secondary N) is 1. The Kier molecular flexibility index (Phi) is 3.74. The minimum atomic E-state index is -0.158. The van der Waals surface area contributed by atoms with Gasteiger partial charge in [-0.2, -0.15) is 0 Å². The fourth-order valence-corrected chi connectivity index (χ4v) is 2.42. The summed E-state index contributed by atoms with van der Waals surface area (Å²) in [5.41, 5.74) is 4.61. The second kappa shape index (κ2) is 5.27. The SMILES string of the molecule is Cc1cc(NCCc2scnc2C)ccc1F. The van der Waals surface area contributed by atoms with Crippen LogP contribution in [0.2, 0.25) is 0 Å². The van der Waals surface area contributed by atoms with Crippen molar-refractivity contribution in [2.24, 2.45) is 0 Å². The first kappa shape index (κ1) is 12.0. The zero-order valence-electron chi connectivity index (χ0n) is 9.96. The van der Waals surface area contributed by atoms with Gasteiger partial charge in [-0.15, -0.1) is 11.3 Å². The maximum Gasteiger partial charge on any atom is 0.126 e. The van der Waals surface area contributed by atoms with Gasteiger partial charge in [0.2, 0.25) is 0 Å². The van der Waals surface area contributed by atoms with E-state index in [1.54, 1.807) is 24.3 Å². The quantitative estimate of drug-likeness (QED) is 0.897. The van der Waals surface area contributed by atoms with E-state index >= 15 is 0 Å². The number of benzene rings is 1. The molecule has 2 nitrogen and oxygen atoms in total. The van der Waals surface area contributed by atoms with Crippen LogP contribution in [0.15, 0.2) is 23.7 Å². The van der Waals surface area contributed by atoms with E-state index in [-0.39, 0.29) is 5.82 Å². The van der Waals surface area contributed by atoms with Crippen LogP contribution in [-0.4, -0.2) is 11.5 Å². The van der Waals surface area contributed by atoms with Gasteiger partial charge in [0.25, 0.3) is 0 Å². The molecule has 90 valence electrons. The van der Waals surface area contributed by atoms with E-state index < -0.39 is 0 Å². The first-order valence-electron chi connectivity index (χ1n) is 5.56. The summed E-state index contributed by atoms with van der Waals surface area (Å²) in [6.45, 7) is 4.63. The number of hydrogen-bond donors (Lipinski definition) is 1. The van der Waals surface area contributed by atoms with Crippen molar-refractivity contribution in [1.29, 1.82) is 0 Å². The van der Waals surface area contributed by atoms with Crippen molar-refractivity contribution in [2.75, 3.05) is 11.9 Å². The molecule has 4 heteroatoms. The maximum atomic E-state index is 13.1. The molecular weight excluding hydrogens is 235 g/mol. The van der Waals surface area contributed by atoms with Crippen LogP contribution in [0.1, 0.15) is 16.1 Å². The van der Waals surface area contributed by atoms with Crippen molar-refractivity contribution in [3.05, 3.63) is 45.7 Å². The van der Waals surface area contributed by atoms with Crippen LogP contribution < -0.4 is 5.32 Å². The van der Waals surface area contributed by atoms with Crippen LogP contribution in [0.5, 0.6) is 0 Å². The topological polar surface area (TPSA) is 24.9 Å². The van der Waals surface area contributed by atoms with Crippen LogP contribution in [0.25, 0.3) is 0 Å². The molecule has 0 fully saturated rings. The van der Waals surface area contributed by atoms with Crippen LogP contribution in [0.3, 0.4) is 0 Å². The highest BCUT2D eigenvalue weighted by Gasteiger charge is 2.02. The molecule has 0 radical (unpaired) electrons. The van der Waals surface area contributed by atoms with Crippen LogP contribution in [-0.2, 0) is 6.42 Å². The second-order valence-corrected chi connectivity index (χ2v) is 4.94. The summed E-state index contributed by atoms with van der Waals surface area (Å²) in [5.74, 6) is -0.158.